The number of rotatable bonds is 6. The van der Waals surface area contributed by atoms with Crippen LogP contribution in [0.5, 0.6) is 0 Å². The third-order valence-corrected chi connectivity index (χ3v) is 6.90. The maximum Gasteiger partial charge on any atom is 0.174 e. The number of pyridine rings is 1. The van der Waals surface area contributed by atoms with E-state index in [4.69, 9.17) is 17.2 Å². The molecule has 0 bridgehead atoms. The molecule has 0 unspecified atom stereocenters. The summed E-state index contributed by atoms with van der Waals surface area (Å²) in [6.45, 7) is 9.44. The zero-order chi connectivity index (χ0) is 22.7. The Labute approximate surface area is 207 Å². The molecule has 4 nitrogen and oxygen atoms in total. The van der Waals surface area contributed by atoms with E-state index in [2.05, 4.69) is 36.4 Å². The van der Waals surface area contributed by atoms with Gasteiger partial charge in [0.05, 0.1) is 17.8 Å². The number of benzene rings is 1. The van der Waals surface area contributed by atoms with Crippen LogP contribution >= 0.6 is 24.6 Å². The van der Waals surface area contributed by atoms with E-state index >= 15 is 0 Å². The van der Waals surface area contributed by atoms with Gasteiger partial charge in [0, 0.05) is 35.6 Å². The number of allylic oxidation sites excluding steroid dienone is 1. The van der Waals surface area contributed by atoms with Crippen molar-refractivity contribution < 1.29 is 4.39 Å². The van der Waals surface area contributed by atoms with Gasteiger partial charge in [-0.15, -0.1) is 19.0 Å². The number of nitrogens with zero attached hydrogens (tertiary/aromatic N) is 3. The molecule has 0 aliphatic heterocycles. The van der Waals surface area contributed by atoms with Crippen LogP contribution in [0.25, 0.3) is 10.9 Å². The molecule has 0 radical (unpaired) electrons. The van der Waals surface area contributed by atoms with Crippen LogP contribution in [-0.2, 0) is 13.1 Å². The number of halogens is 2. The quantitative estimate of drug-likeness (QED) is 0.314. The number of fused-ring (bicyclic) bond motifs is 1. The van der Waals surface area contributed by atoms with Crippen LogP contribution in [0.15, 0.2) is 49.2 Å². The van der Waals surface area contributed by atoms with Crippen molar-refractivity contribution in [2.45, 2.75) is 65.1 Å². The molecule has 0 spiro atoms. The van der Waals surface area contributed by atoms with Crippen molar-refractivity contribution in [3.8, 4) is 0 Å². The normalized spacial score (nSPS) is 14.0. The molecule has 1 saturated carbocycles. The van der Waals surface area contributed by atoms with Crippen molar-refractivity contribution in [1.82, 2.24) is 14.9 Å². The maximum atomic E-state index is 13.7. The minimum atomic E-state index is -0.258. The fraction of sp³-hybridized carbons (Fsp3) is 0.385. The first-order valence-electron chi connectivity index (χ1n) is 11.4. The van der Waals surface area contributed by atoms with Crippen LogP contribution < -0.4 is 10.2 Å². The lowest BCUT2D eigenvalue weighted by molar-refractivity contribution is 0.413. The zero-order valence-electron chi connectivity index (χ0n) is 19.3. The Kier molecular flexibility index (Phi) is 8.49. The van der Waals surface area contributed by atoms with Crippen LogP contribution in [0.3, 0.4) is 0 Å². The number of aromatic nitrogens is 2. The van der Waals surface area contributed by atoms with Gasteiger partial charge < -0.3 is 14.8 Å². The molecule has 7 heteroatoms. The molecule has 0 saturated heterocycles. The molecule has 1 aromatic carbocycles. The molecule has 2 heterocycles. The minimum absolute atomic E-state index is 0. The molecule has 0 atom stereocenters. The molecule has 176 valence electrons. The summed E-state index contributed by atoms with van der Waals surface area (Å²) in [5.74, 6) is -0.258. The van der Waals surface area contributed by atoms with Crippen LogP contribution in [0.2, 0.25) is 0 Å². The summed E-state index contributed by atoms with van der Waals surface area (Å²) >= 11 is 5.88. The van der Waals surface area contributed by atoms with Crippen molar-refractivity contribution in [2.75, 3.05) is 4.90 Å². The summed E-state index contributed by atoms with van der Waals surface area (Å²) in [6, 6.07) is 8.98. The predicted octanol–water partition coefficient (Wildman–Crippen LogP) is 6.61. The lowest BCUT2D eigenvalue weighted by Crippen LogP contribution is -2.45. The smallest absolute Gasteiger partial charge is 0.174 e. The number of thiocarbonyl (C=S) groups is 1. The second kappa shape index (κ2) is 11.1. The molecule has 0 amide bonds. The Balaban J connectivity index is 0.00000306. The van der Waals surface area contributed by atoms with E-state index in [1.54, 1.807) is 12.1 Å². The van der Waals surface area contributed by atoms with E-state index in [1.807, 2.05) is 17.2 Å². The highest BCUT2D eigenvalue weighted by Crippen LogP contribution is 2.29. The van der Waals surface area contributed by atoms with E-state index < -0.39 is 0 Å². The van der Waals surface area contributed by atoms with Gasteiger partial charge in [-0.25, -0.2) is 4.39 Å². The maximum absolute atomic E-state index is 13.7. The number of nitrogens with one attached hydrogen (secondary N) is 1. The molecule has 1 N–H and O–H groups in total. The standard InChI is InChI=1S/C26H31FN4S.ClH/c1-4-16-30-19(3)18(2)23-14-15-28-24(25(23)30)17-31(22-12-10-20(27)11-13-22)26(32)29-21-8-6-5-7-9-21;/h4,10-15,21H,1,5-9,16-17H2,2-3H3,(H,29,32);1H. The Bertz CT molecular complexity index is 1120. The van der Waals surface area contributed by atoms with E-state index in [-0.39, 0.29) is 18.2 Å². The first-order chi connectivity index (χ1) is 15.5. The van der Waals surface area contributed by atoms with Gasteiger partial charge in [0.25, 0.3) is 0 Å². The van der Waals surface area contributed by atoms with Gasteiger partial charge in [0.2, 0.25) is 0 Å². The number of hydrogen-bond acceptors (Lipinski definition) is 2. The molecular formula is C26H32ClFN4S. The van der Waals surface area contributed by atoms with Gasteiger partial charge in [-0.2, -0.15) is 0 Å². The van der Waals surface area contributed by atoms with Crippen molar-refractivity contribution in [3.05, 3.63) is 72.0 Å². The van der Waals surface area contributed by atoms with Crippen molar-refractivity contribution >= 4 is 46.3 Å². The SMILES string of the molecule is C=CCn1c(C)c(C)c2ccnc(CN(C(=S)NC3CCCCC3)c3ccc(F)cc3)c21.Cl. The van der Waals surface area contributed by atoms with Gasteiger partial charge >= 0.3 is 0 Å². The van der Waals surface area contributed by atoms with Crippen molar-refractivity contribution in [2.24, 2.45) is 0 Å². The van der Waals surface area contributed by atoms with E-state index in [0.29, 0.717) is 17.7 Å². The monoisotopic (exact) mass is 486 g/mol. The Hall–Kier alpha value is -2.44. The fourth-order valence-corrected chi connectivity index (χ4v) is 5.03. The van der Waals surface area contributed by atoms with Gasteiger partial charge in [-0.1, -0.05) is 25.3 Å². The van der Waals surface area contributed by atoms with Gasteiger partial charge in [-0.05, 0) is 74.8 Å². The zero-order valence-corrected chi connectivity index (χ0v) is 20.9. The highest BCUT2D eigenvalue weighted by Gasteiger charge is 2.22. The lowest BCUT2D eigenvalue weighted by Gasteiger charge is -2.31. The van der Waals surface area contributed by atoms with Crippen LogP contribution in [0.4, 0.5) is 10.1 Å². The van der Waals surface area contributed by atoms with Crippen LogP contribution in [0, 0.1) is 19.7 Å². The summed E-state index contributed by atoms with van der Waals surface area (Å²) in [7, 11) is 0. The molecule has 4 rings (SSSR count). The van der Waals surface area contributed by atoms with Crippen LogP contribution in [0.1, 0.15) is 49.1 Å². The first kappa shape index (κ1) is 25.2. The van der Waals surface area contributed by atoms with Crippen molar-refractivity contribution in [3.63, 3.8) is 0 Å². The Morgan fingerprint density at radius 2 is 1.91 bits per heavy atom. The summed E-state index contributed by atoms with van der Waals surface area (Å²) in [5.41, 5.74) is 5.37. The third kappa shape index (κ3) is 5.39. The fourth-order valence-electron chi connectivity index (χ4n) is 4.69. The molecule has 1 fully saturated rings. The Morgan fingerprint density at radius 3 is 2.58 bits per heavy atom. The summed E-state index contributed by atoms with van der Waals surface area (Å²) in [6.07, 6.45) is 9.78. The third-order valence-electron chi connectivity index (χ3n) is 6.56. The lowest BCUT2D eigenvalue weighted by atomic mass is 9.96. The van der Waals surface area contributed by atoms with Gasteiger partial charge in [0.1, 0.15) is 5.82 Å². The second-order valence-corrected chi connectivity index (χ2v) is 9.00. The van der Waals surface area contributed by atoms with E-state index in [1.165, 1.54) is 48.0 Å². The molecule has 1 aliphatic rings. The summed E-state index contributed by atoms with van der Waals surface area (Å²) < 4.78 is 15.9. The predicted molar refractivity (Wildman–Crippen MR) is 142 cm³/mol. The summed E-state index contributed by atoms with van der Waals surface area (Å²) in [4.78, 5) is 6.80. The van der Waals surface area contributed by atoms with Gasteiger partial charge in [-0.3, -0.25) is 4.98 Å². The number of anilines is 1. The van der Waals surface area contributed by atoms with E-state index in [9.17, 15) is 4.39 Å². The van der Waals surface area contributed by atoms with Crippen LogP contribution in [-0.4, -0.2) is 20.7 Å². The largest absolute Gasteiger partial charge is 0.360 e. The molecule has 2 aromatic heterocycles. The number of hydrogen-bond donors (Lipinski definition) is 1. The molecule has 3 aromatic rings. The van der Waals surface area contributed by atoms with Crippen molar-refractivity contribution in [1.29, 1.82) is 0 Å². The average molecular weight is 487 g/mol. The summed E-state index contributed by atoms with van der Waals surface area (Å²) in [5, 5.41) is 5.43. The van der Waals surface area contributed by atoms with Gasteiger partial charge in [0.15, 0.2) is 5.11 Å². The van der Waals surface area contributed by atoms with E-state index in [0.717, 1.165) is 36.3 Å². The molecule has 33 heavy (non-hydrogen) atoms. The number of aryl methyl sites for hydroxylation is 1. The highest BCUT2D eigenvalue weighted by atomic mass is 35.5. The Morgan fingerprint density at radius 1 is 1.21 bits per heavy atom. The minimum Gasteiger partial charge on any atom is -0.360 e. The molecular weight excluding hydrogens is 455 g/mol. The highest BCUT2D eigenvalue weighted by molar-refractivity contribution is 7.80. The first-order valence-corrected chi connectivity index (χ1v) is 11.8. The topological polar surface area (TPSA) is 33.1 Å². The average Bonchev–Trinajstić information content (AvgIpc) is 3.04. The molecule has 1 aliphatic carbocycles. The second-order valence-electron chi connectivity index (χ2n) is 8.61.